The van der Waals surface area contributed by atoms with E-state index in [4.69, 9.17) is 12.2 Å². The van der Waals surface area contributed by atoms with E-state index in [9.17, 15) is 0 Å². The molecule has 0 aliphatic heterocycles. The van der Waals surface area contributed by atoms with E-state index in [1.165, 1.54) is 0 Å². The maximum absolute atomic E-state index is 4.95. The minimum Gasteiger partial charge on any atom is -0.359 e. The van der Waals surface area contributed by atoms with Crippen LogP contribution in [-0.2, 0) is 0 Å². The van der Waals surface area contributed by atoms with Crippen molar-refractivity contribution in [1.82, 2.24) is 10.7 Å². The van der Waals surface area contributed by atoms with Crippen molar-refractivity contribution in [2.45, 2.75) is 33.7 Å². The minimum absolute atomic E-state index is 0.347. The molecule has 0 atom stereocenters. The van der Waals surface area contributed by atoms with E-state index in [0.29, 0.717) is 17.1 Å². The first kappa shape index (κ1) is 11.4. The minimum atomic E-state index is 0.347. The van der Waals surface area contributed by atoms with Gasteiger partial charge in [0.05, 0.1) is 0 Å². The van der Waals surface area contributed by atoms with Gasteiger partial charge < -0.3 is 5.32 Å². The van der Waals surface area contributed by atoms with Crippen molar-refractivity contribution in [3.63, 3.8) is 0 Å². The first-order valence-electron chi connectivity index (χ1n) is 4.12. The largest absolute Gasteiger partial charge is 0.359 e. The zero-order valence-corrected chi connectivity index (χ0v) is 8.90. The summed E-state index contributed by atoms with van der Waals surface area (Å²) in [5.74, 6) is 0.444. The first-order valence-corrected chi connectivity index (χ1v) is 4.53. The zero-order chi connectivity index (χ0) is 9.56. The third kappa shape index (κ3) is 7.47. The Morgan fingerprint density at radius 3 is 2.33 bits per heavy atom. The molecule has 0 spiro atoms. The molecule has 0 aliphatic rings. The lowest BCUT2D eigenvalue weighted by Crippen LogP contribution is -2.36. The smallest absolute Gasteiger partial charge is 0.187 e. The van der Waals surface area contributed by atoms with Crippen molar-refractivity contribution in [2.75, 3.05) is 0 Å². The number of thiocarbonyl (C=S) groups is 1. The lowest BCUT2D eigenvalue weighted by atomic mass is 10.3. The molecular formula is C8H17N3S. The van der Waals surface area contributed by atoms with Crippen molar-refractivity contribution in [1.29, 1.82) is 0 Å². The van der Waals surface area contributed by atoms with Gasteiger partial charge in [-0.05, 0) is 32.0 Å². The Labute approximate surface area is 79.6 Å². The summed E-state index contributed by atoms with van der Waals surface area (Å²) in [6.45, 7) is 8.18. The molecule has 0 amide bonds. The Kier molecular flexibility index (Phi) is 5.62. The molecule has 4 heteroatoms. The number of hydrogen-bond donors (Lipinski definition) is 2. The second-order valence-corrected chi connectivity index (χ2v) is 3.67. The first-order chi connectivity index (χ1) is 5.52. The van der Waals surface area contributed by atoms with E-state index in [1.807, 2.05) is 20.1 Å². The van der Waals surface area contributed by atoms with Gasteiger partial charge in [-0.15, -0.1) is 0 Å². The molecule has 12 heavy (non-hydrogen) atoms. The molecule has 0 fully saturated rings. The second kappa shape index (κ2) is 5.94. The summed E-state index contributed by atoms with van der Waals surface area (Å²) >= 11 is 4.95. The maximum Gasteiger partial charge on any atom is 0.187 e. The van der Waals surface area contributed by atoms with E-state index >= 15 is 0 Å². The maximum atomic E-state index is 4.95. The fourth-order valence-corrected chi connectivity index (χ4v) is 0.828. The van der Waals surface area contributed by atoms with Crippen molar-refractivity contribution < 1.29 is 0 Å². The van der Waals surface area contributed by atoms with Gasteiger partial charge in [-0.1, -0.05) is 13.8 Å². The Balaban J connectivity index is 3.57. The standard InChI is InChI=1S/C8H17N3S/c1-6(2)5-9-11-8(12)10-7(3)4/h5-7H,1-4H3,(H2,10,11,12)/b9-5+. The van der Waals surface area contributed by atoms with Gasteiger partial charge in [0.1, 0.15) is 0 Å². The Hall–Kier alpha value is -0.640. The van der Waals surface area contributed by atoms with Gasteiger partial charge in [0.25, 0.3) is 0 Å². The van der Waals surface area contributed by atoms with Crippen LogP contribution in [0.2, 0.25) is 0 Å². The lowest BCUT2D eigenvalue weighted by molar-refractivity contribution is 0.718. The van der Waals surface area contributed by atoms with Crippen molar-refractivity contribution >= 4 is 23.5 Å². The van der Waals surface area contributed by atoms with Crippen LogP contribution in [0.3, 0.4) is 0 Å². The van der Waals surface area contributed by atoms with Crippen LogP contribution < -0.4 is 10.7 Å². The Morgan fingerprint density at radius 2 is 1.92 bits per heavy atom. The normalized spacial score (nSPS) is 11.2. The summed E-state index contributed by atoms with van der Waals surface area (Å²) in [5.41, 5.74) is 2.74. The number of hydrogen-bond acceptors (Lipinski definition) is 2. The third-order valence-corrected chi connectivity index (χ3v) is 1.17. The van der Waals surface area contributed by atoms with Crippen LogP contribution >= 0.6 is 12.2 Å². The van der Waals surface area contributed by atoms with Crippen LogP contribution in [0.4, 0.5) is 0 Å². The van der Waals surface area contributed by atoms with Crippen LogP contribution in [0.5, 0.6) is 0 Å². The molecule has 0 heterocycles. The molecule has 0 aromatic rings. The molecule has 0 rings (SSSR count). The molecular weight excluding hydrogens is 170 g/mol. The van der Waals surface area contributed by atoms with Crippen LogP contribution in [0, 0.1) is 5.92 Å². The molecule has 0 bridgehead atoms. The van der Waals surface area contributed by atoms with Gasteiger partial charge in [0, 0.05) is 12.3 Å². The summed E-state index contributed by atoms with van der Waals surface area (Å²) in [5, 5.41) is 7.54. The van der Waals surface area contributed by atoms with E-state index < -0.39 is 0 Å². The van der Waals surface area contributed by atoms with Crippen LogP contribution in [0.25, 0.3) is 0 Å². The van der Waals surface area contributed by atoms with Crippen molar-refractivity contribution in [3.05, 3.63) is 0 Å². The highest BCUT2D eigenvalue weighted by atomic mass is 32.1. The molecule has 0 aromatic carbocycles. The summed E-state index contributed by atoms with van der Waals surface area (Å²) in [7, 11) is 0. The number of hydrazone groups is 1. The molecule has 70 valence electrons. The van der Waals surface area contributed by atoms with E-state index in [-0.39, 0.29) is 0 Å². The third-order valence-electron chi connectivity index (χ3n) is 0.959. The predicted molar refractivity (Wildman–Crippen MR) is 57.3 cm³/mol. The lowest BCUT2D eigenvalue weighted by Gasteiger charge is -2.09. The molecule has 2 N–H and O–H groups in total. The predicted octanol–water partition coefficient (Wildman–Crippen LogP) is 1.50. The molecule has 0 radical (unpaired) electrons. The molecule has 0 saturated heterocycles. The topological polar surface area (TPSA) is 36.4 Å². The quantitative estimate of drug-likeness (QED) is 0.399. The van der Waals surface area contributed by atoms with Gasteiger partial charge in [0.2, 0.25) is 0 Å². The van der Waals surface area contributed by atoms with Gasteiger partial charge in [-0.25, -0.2) is 0 Å². The summed E-state index contributed by atoms with van der Waals surface area (Å²) in [6, 6.07) is 0.347. The molecule has 0 unspecified atom stereocenters. The summed E-state index contributed by atoms with van der Waals surface area (Å²) in [4.78, 5) is 0. The van der Waals surface area contributed by atoms with Gasteiger partial charge >= 0.3 is 0 Å². The van der Waals surface area contributed by atoms with Crippen LogP contribution in [-0.4, -0.2) is 17.4 Å². The Bertz CT molecular complexity index is 164. The SMILES string of the molecule is CC(C)/C=N/NC(=S)NC(C)C. The molecule has 0 aliphatic carbocycles. The van der Waals surface area contributed by atoms with E-state index in [0.717, 1.165) is 0 Å². The van der Waals surface area contributed by atoms with Crippen molar-refractivity contribution in [2.24, 2.45) is 11.0 Å². The highest BCUT2D eigenvalue weighted by Crippen LogP contribution is 1.83. The summed E-state index contributed by atoms with van der Waals surface area (Å²) in [6.07, 6.45) is 1.81. The number of rotatable bonds is 3. The number of nitrogens with one attached hydrogen (secondary N) is 2. The zero-order valence-electron chi connectivity index (χ0n) is 8.09. The summed E-state index contributed by atoms with van der Waals surface area (Å²) < 4.78 is 0. The highest BCUT2D eigenvalue weighted by molar-refractivity contribution is 7.80. The van der Waals surface area contributed by atoms with Crippen LogP contribution in [0.15, 0.2) is 5.10 Å². The fraction of sp³-hybridized carbons (Fsp3) is 0.750. The molecule has 3 nitrogen and oxygen atoms in total. The molecule has 0 saturated carbocycles. The van der Waals surface area contributed by atoms with Gasteiger partial charge in [0.15, 0.2) is 5.11 Å². The van der Waals surface area contributed by atoms with Gasteiger partial charge in [-0.2, -0.15) is 5.10 Å². The van der Waals surface area contributed by atoms with Gasteiger partial charge in [-0.3, -0.25) is 5.43 Å². The van der Waals surface area contributed by atoms with E-state index in [2.05, 4.69) is 29.7 Å². The Morgan fingerprint density at radius 1 is 1.33 bits per heavy atom. The second-order valence-electron chi connectivity index (χ2n) is 3.26. The van der Waals surface area contributed by atoms with Crippen LogP contribution in [0.1, 0.15) is 27.7 Å². The van der Waals surface area contributed by atoms with E-state index in [1.54, 1.807) is 0 Å². The van der Waals surface area contributed by atoms with Crippen molar-refractivity contribution in [3.8, 4) is 0 Å². The highest BCUT2D eigenvalue weighted by Gasteiger charge is 1.94. The fourth-order valence-electron chi connectivity index (χ4n) is 0.539. The molecule has 0 aromatic heterocycles. The average molecular weight is 187 g/mol. The number of nitrogens with zero attached hydrogens (tertiary/aromatic N) is 1. The average Bonchev–Trinajstić information content (AvgIpc) is 1.84. The monoisotopic (exact) mass is 187 g/mol.